The van der Waals surface area contributed by atoms with E-state index in [1.807, 2.05) is 0 Å². The number of fused-ring (bicyclic) bond motifs is 1. The molecular weight excluding hydrogens is 630 g/mol. The first-order valence-corrected chi connectivity index (χ1v) is 13.8. The van der Waals surface area contributed by atoms with Crippen molar-refractivity contribution in [2.45, 2.75) is 33.1 Å². The predicted octanol–water partition coefficient (Wildman–Crippen LogP) is 7.20. The number of rotatable bonds is 7. The van der Waals surface area contributed by atoms with Gasteiger partial charge in [-0.05, 0) is 73.5 Å². The van der Waals surface area contributed by atoms with Gasteiger partial charge in [-0.1, -0.05) is 40.2 Å². The van der Waals surface area contributed by atoms with Crippen LogP contribution >= 0.6 is 15.9 Å². The molecular formula is C31H24BrF4N5O2. The van der Waals surface area contributed by atoms with Gasteiger partial charge in [-0.15, -0.1) is 0 Å². The second-order valence-corrected chi connectivity index (χ2v) is 10.8. The predicted molar refractivity (Wildman–Crippen MR) is 157 cm³/mol. The number of halogens is 5. The van der Waals surface area contributed by atoms with Crippen LogP contribution in [-0.2, 0) is 19.3 Å². The molecule has 0 unspecified atom stereocenters. The van der Waals surface area contributed by atoms with Crippen LogP contribution in [0.25, 0.3) is 10.9 Å². The fraction of sp³-hybridized carbons (Fsp3) is 0.161. The van der Waals surface area contributed by atoms with Crippen LogP contribution in [-0.4, -0.2) is 26.6 Å². The fourth-order valence-corrected chi connectivity index (χ4v) is 4.93. The maximum Gasteiger partial charge on any atom is 0.433 e. The number of aromatic nitrogens is 3. The molecule has 0 aliphatic carbocycles. The van der Waals surface area contributed by atoms with Gasteiger partial charge < -0.3 is 10.6 Å². The van der Waals surface area contributed by atoms with Crippen LogP contribution in [0.1, 0.15) is 48.9 Å². The number of nitrogens with zero attached hydrogens (tertiary/aromatic N) is 3. The second-order valence-electron chi connectivity index (χ2n) is 9.88. The van der Waals surface area contributed by atoms with Gasteiger partial charge in [0.05, 0.1) is 34.7 Å². The van der Waals surface area contributed by atoms with Gasteiger partial charge in [0.2, 0.25) is 0 Å². The van der Waals surface area contributed by atoms with Gasteiger partial charge >= 0.3 is 6.18 Å². The number of anilines is 1. The van der Waals surface area contributed by atoms with Crippen molar-refractivity contribution in [1.29, 1.82) is 0 Å². The molecule has 0 atom stereocenters. The Kier molecular flexibility index (Phi) is 8.32. The van der Waals surface area contributed by atoms with Crippen molar-refractivity contribution in [3.8, 4) is 0 Å². The summed E-state index contributed by atoms with van der Waals surface area (Å²) in [5, 5.41) is 10.3. The molecule has 220 valence electrons. The van der Waals surface area contributed by atoms with Gasteiger partial charge in [-0.25, -0.2) is 9.37 Å². The van der Waals surface area contributed by atoms with Crippen LogP contribution < -0.4 is 10.6 Å². The maximum atomic E-state index is 13.5. The van der Waals surface area contributed by atoms with Crippen LogP contribution in [0.5, 0.6) is 0 Å². The van der Waals surface area contributed by atoms with E-state index in [0.717, 1.165) is 17.2 Å². The van der Waals surface area contributed by atoms with E-state index in [-0.39, 0.29) is 34.7 Å². The average Bonchev–Trinajstić information content (AvgIpc) is 3.23. The summed E-state index contributed by atoms with van der Waals surface area (Å²) in [6, 6.07) is 18.0. The van der Waals surface area contributed by atoms with Crippen LogP contribution in [0, 0.1) is 19.7 Å². The lowest BCUT2D eigenvalue weighted by molar-refractivity contribution is -0.141. The highest BCUT2D eigenvalue weighted by Gasteiger charge is 2.34. The minimum atomic E-state index is -4.73. The first-order valence-electron chi connectivity index (χ1n) is 13.0. The Labute approximate surface area is 252 Å². The van der Waals surface area contributed by atoms with Crippen molar-refractivity contribution < 1.29 is 27.2 Å². The number of carbonyl (C=O) groups is 2. The van der Waals surface area contributed by atoms with Crippen LogP contribution in [0.3, 0.4) is 0 Å². The highest BCUT2D eigenvalue weighted by molar-refractivity contribution is 9.10. The number of hydrogen-bond acceptors (Lipinski definition) is 4. The zero-order chi connectivity index (χ0) is 30.9. The standard InChI is InChI=1S/C31H24BrF4N5O2/c1-17-28(39-30(43)25-14-27(31(34,35)36)38-26-12-9-22(32)13-24(25)26)18(2)41(40-17)16-20-3-7-21(8-4-20)29(42)37-15-19-5-10-23(33)11-6-19/h3-14H,15-16H2,1-2H3,(H,37,42)(H,39,43). The molecule has 3 aromatic carbocycles. The quantitative estimate of drug-likeness (QED) is 0.182. The van der Waals surface area contributed by atoms with Gasteiger partial charge in [0.25, 0.3) is 11.8 Å². The SMILES string of the molecule is Cc1nn(Cc2ccc(C(=O)NCc3ccc(F)cc3)cc2)c(C)c1NC(=O)c1cc(C(F)(F)F)nc2ccc(Br)cc12. The first-order chi connectivity index (χ1) is 20.4. The highest BCUT2D eigenvalue weighted by atomic mass is 79.9. The monoisotopic (exact) mass is 653 g/mol. The van der Waals surface area contributed by atoms with E-state index in [9.17, 15) is 27.2 Å². The number of pyridine rings is 1. The van der Waals surface area contributed by atoms with E-state index < -0.39 is 17.8 Å². The van der Waals surface area contributed by atoms with Crippen molar-refractivity contribution in [3.05, 3.63) is 122 Å². The Morgan fingerprint density at radius 1 is 0.907 bits per heavy atom. The molecule has 0 radical (unpaired) electrons. The summed E-state index contributed by atoms with van der Waals surface area (Å²) in [6.07, 6.45) is -4.73. The fourth-order valence-electron chi connectivity index (χ4n) is 4.56. The van der Waals surface area contributed by atoms with Gasteiger partial charge in [-0.3, -0.25) is 14.3 Å². The normalized spacial score (nSPS) is 11.5. The largest absolute Gasteiger partial charge is 0.433 e. The number of alkyl halides is 3. The van der Waals surface area contributed by atoms with E-state index >= 15 is 0 Å². The number of benzene rings is 3. The Bertz CT molecular complexity index is 1840. The Balaban J connectivity index is 1.31. The summed E-state index contributed by atoms with van der Waals surface area (Å²) in [5.74, 6) is -1.35. The molecule has 0 fully saturated rings. The molecule has 7 nitrogen and oxygen atoms in total. The molecule has 0 bridgehead atoms. The van der Waals surface area contributed by atoms with Gasteiger partial charge in [0, 0.05) is 22.0 Å². The average molecular weight is 654 g/mol. The Morgan fingerprint density at radius 2 is 1.58 bits per heavy atom. The molecule has 5 aromatic rings. The minimum Gasteiger partial charge on any atom is -0.348 e. The van der Waals surface area contributed by atoms with E-state index in [0.29, 0.717) is 33.7 Å². The van der Waals surface area contributed by atoms with Crippen molar-refractivity contribution in [2.24, 2.45) is 0 Å². The van der Waals surface area contributed by atoms with Gasteiger partial charge in [-0.2, -0.15) is 18.3 Å². The molecule has 2 N–H and O–H groups in total. The van der Waals surface area contributed by atoms with Crippen molar-refractivity contribution >= 4 is 44.3 Å². The lowest BCUT2D eigenvalue weighted by Crippen LogP contribution is -2.22. The lowest BCUT2D eigenvalue weighted by atomic mass is 10.1. The van der Waals surface area contributed by atoms with Crippen LogP contribution in [0.2, 0.25) is 0 Å². The highest BCUT2D eigenvalue weighted by Crippen LogP contribution is 2.32. The molecule has 0 saturated carbocycles. The van der Waals surface area contributed by atoms with E-state index in [1.54, 1.807) is 67.1 Å². The summed E-state index contributed by atoms with van der Waals surface area (Å²) < 4.78 is 56.0. The molecule has 2 amide bonds. The Morgan fingerprint density at radius 3 is 2.26 bits per heavy atom. The summed E-state index contributed by atoms with van der Waals surface area (Å²) in [6.45, 7) is 4.01. The Hall–Kier alpha value is -4.58. The molecule has 0 spiro atoms. The van der Waals surface area contributed by atoms with Gasteiger partial charge in [0.15, 0.2) is 0 Å². The molecule has 5 rings (SSSR count). The summed E-state index contributed by atoms with van der Waals surface area (Å²) in [5.41, 5.74) is 2.23. The number of carbonyl (C=O) groups excluding carboxylic acids is 2. The van der Waals surface area contributed by atoms with Crippen molar-refractivity contribution in [1.82, 2.24) is 20.1 Å². The van der Waals surface area contributed by atoms with Crippen LogP contribution in [0.15, 0.2) is 77.3 Å². The molecule has 2 heterocycles. The maximum absolute atomic E-state index is 13.5. The molecule has 12 heteroatoms. The summed E-state index contributed by atoms with van der Waals surface area (Å²) in [4.78, 5) is 29.6. The van der Waals surface area contributed by atoms with E-state index in [4.69, 9.17) is 0 Å². The minimum absolute atomic E-state index is 0.0416. The second kappa shape index (κ2) is 12.0. The lowest BCUT2D eigenvalue weighted by Gasteiger charge is -2.13. The molecule has 43 heavy (non-hydrogen) atoms. The first kappa shape index (κ1) is 29.9. The third-order valence-corrected chi connectivity index (χ3v) is 7.33. The number of hydrogen-bond donors (Lipinski definition) is 2. The third-order valence-electron chi connectivity index (χ3n) is 6.84. The van der Waals surface area contributed by atoms with Crippen LogP contribution in [0.4, 0.5) is 23.2 Å². The summed E-state index contributed by atoms with van der Waals surface area (Å²) >= 11 is 3.30. The van der Waals surface area contributed by atoms with E-state index in [2.05, 4.69) is 36.6 Å². The number of amides is 2. The smallest absolute Gasteiger partial charge is 0.348 e. The topological polar surface area (TPSA) is 88.9 Å². The molecule has 2 aromatic heterocycles. The van der Waals surface area contributed by atoms with Crippen molar-refractivity contribution in [3.63, 3.8) is 0 Å². The summed E-state index contributed by atoms with van der Waals surface area (Å²) in [7, 11) is 0. The molecule has 0 saturated heterocycles. The third kappa shape index (κ3) is 6.75. The van der Waals surface area contributed by atoms with Crippen molar-refractivity contribution in [2.75, 3.05) is 5.32 Å². The van der Waals surface area contributed by atoms with E-state index in [1.165, 1.54) is 18.2 Å². The van der Waals surface area contributed by atoms with Gasteiger partial charge in [0.1, 0.15) is 11.5 Å². The molecule has 0 aliphatic rings. The molecule has 0 aliphatic heterocycles. The zero-order valence-corrected chi connectivity index (χ0v) is 24.5. The number of nitrogens with one attached hydrogen (secondary N) is 2. The number of aryl methyl sites for hydroxylation is 1. The zero-order valence-electron chi connectivity index (χ0n) is 22.9.